The maximum atomic E-state index is 12.5. The first kappa shape index (κ1) is 15.4. The van der Waals surface area contributed by atoms with E-state index >= 15 is 0 Å². The monoisotopic (exact) mass is 348 g/mol. The molecular formula is C16H10Cl2N2O3. The Morgan fingerprint density at radius 3 is 2.57 bits per heavy atom. The number of nitrogens with two attached hydrogens (primary N) is 1. The Morgan fingerprint density at radius 2 is 1.83 bits per heavy atom. The Labute approximate surface area is 141 Å². The van der Waals surface area contributed by atoms with E-state index in [1.165, 1.54) is 12.1 Å². The molecule has 0 aliphatic heterocycles. The smallest absolute Gasteiger partial charge is 0.286 e. The molecule has 5 nitrogen and oxygen atoms in total. The molecule has 0 bridgehead atoms. The molecule has 0 aliphatic rings. The van der Waals surface area contributed by atoms with E-state index in [4.69, 9.17) is 33.4 Å². The van der Waals surface area contributed by atoms with Crippen LogP contribution < -0.4 is 11.1 Å². The highest BCUT2D eigenvalue weighted by atomic mass is 35.5. The van der Waals surface area contributed by atoms with Gasteiger partial charge in [-0.15, -0.1) is 0 Å². The van der Waals surface area contributed by atoms with Crippen LogP contribution in [0.5, 0.6) is 0 Å². The van der Waals surface area contributed by atoms with Crippen LogP contribution >= 0.6 is 23.2 Å². The number of benzene rings is 2. The number of para-hydroxylation sites is 1. The Bertz CT molecular complexity index is 934. The number of fused-ring (bicyclic) bond motifs is 1. The summed E-state index contributed by atoms with van der Waals surface area (Å²) in [7, 11) is 0. The molecule has 2 aromatic carbocycles. The van der Waals surface area contributed by atoms with Crippen molar-refractivity contribution in [2.75, 3.05) is 5.32 Å². The normalized spacial score (nSPS) is 10.7. The molecule has 0 unspecified atom stereocenters. The third-order valence-electron chi connectivity index (χ3n) is 3.23. The van der Waals surface area contributed by atoms with Gasteiger partial charge in [-0.05, 0) is 30.3 Å². The van der Waals surface area contributed by atoms with Crippen molar-refractivity contribution in [2.24, 2.45) is 5.73 Å². The van der Waals surface area contributed by atoms with Gasteiger partial charge in [0, 0.05) is 10.4 Å². The molecule has 0 saturated carbocycles. The first-order valence-corrected chi connectivity index (χ1v) is 7.30. The van der Waals surface area contributed by atoms with E-state index in [1.807, 2.05) is 0 Å². The van der Waals surface area contributed by atoms with Gasteiger partial charge in [0.2, 0.25) is 5.76 Å². The van der Waals surface area contributed by atoms with E-state index in [9.17, 15) is 9.59 Å². The summed E-state index contributed by atoms with van der Waals surface area (Å²) < 4.78 is 5.40. The number of nitrogens with one attached hydrogen (secondary N) is 1. The van der Waals surface area contributed by atoms with Gasteiger partial charge in [0.1, 0.15) is 11.3 Å². The van der Waals surface area contributed by atoms with Gasteiger partial charge in [-0.2, -0.15) is 0 Å². The van der Waals surface area contributed by atoms with Gasteiger partial charge in [-0.3, -0.25) is 9.59 Å². The third kappa shape index (κ3) is 2.88. The second kappa shape index (κ2) is 5.95. The molecular weight excluding hydrogens is 339 g/mol. The fourth-order valence-electron chi connectivity index (χ4n) is 2.20. The summed E-state index contributed by atoms with van der Waals surface area (Å²) in [5.74, 6) is -1.43. The lowest BCUT2D eigenvalue weighted by Crippen LogP contribution is -2.17. The Hall–Kier alpha value is -2.50. The zero-order valence-corrected chi connectivity index (χ0v) is 13.1. The predicted octanol–water partition coefficient (Wildman–Crippen LogP) is 4.09. The van der Waals surface area contributed by atoms with Gasteiger partial charge in [0.25, 0.3) is 11.8 Å². The van der Waals surface area contributed by atoms with Gasteiger partial charge < -0.3 is 15.5 Å². The highest BCUT2D eigenvalue weighted by Gasteiger charge is 2.21. The van der Waals surface area contributed by atoms with Crippen molar-refractivity contribution in [1.29, 1.82) is 0 Å². The number of hydrogen-bond donors (Lipinski definition) is 2. The van der Waals surface area contributed by atoms with Gasteiger partial charge >= 0.3 is 0 Å². The number of halogens is 2. The number of hydrogen-bond acceptors (Lipinski definition) is 3. The van der Waals surface area contributed by atoms with Gasteiger partial charge in [0.05, 0.1) is 10.6 Å². The largest absolute Gasteiger partial charge is 0.449 e. The van der Waals surface area contributed by atoms with Crippen molar-refractivity contribution < 1.29 is 14.0 Å². The van der Waals surface area contributed by atoms with E-state index in [2.05, 4.69) is 5.32 Å². The molecule has 7 heteroatoms. The molecule has 0 spiro atoms. The predicted molar refractivity (Wildman–Crippen MR) is 89.1 cm³/mol. The second-order valence-electron chi connectivity index (χ2n) is 4.74. The zero-order valence-electron chi connectivity index (χ0n) is 11.6. The third-order valence-corrected chi connectivity index (χ3v) is 3.80. The molecule has 0 fully saturated rings. The van der Waals surface area contributed by atoms with E-state index in [1.54, 1.807) is 30.3 Å². The van der Waals surface area contributed by atoms with Crippen LogP contribution in [0.3, 0.4) is 0 Å². The average molecular weight is 349 g/mol. The molecule has 0 aliphatic carbocycles. The van der Waals surface area contributed by atoms with Crippen molar-refractivity contribution in [3.8, 4) is 0 Å². The van der Waals surface area contributed by atoms with Crippen molar-refractivity contribution in [2.45, 2.75) is 0 Å². The van der Waals surface area contributed by atoms with Crippen LogP contribution in [0.4, 0.5) is 5.69 Å². The second-order valence-corrected chi connectivity index (χ2v) is 5.59. The molecule has 1 heterocycles. The number of carbonyl (C=O) groups excluding carboxylic acids is 2. The summed E-state index contributed by atoms with van der Waals surface area (Å²) in [4.78, 5) is 24.0. The summed E-state index contributed by atoms with van der Waals surface area (Å²) in [6, 6.07) is 11.4. The Kier molecular flexibility index (Phi) is 3.98. The lowest BCUT2D eigenvalue weighted by Gasteiger charge is -2.07. The Balaban J connectivity index is 2.07. The average Bonchev–Trinajstić information content (AvgIpc) is 2.89. The zero-order chi connectivity index (χ0) is 16.6. The number of anilines is 1. The first-order chi connectivity index (χ1) is 11.0. The molecule has 0 radical (unpaired) electrons. The fraction of sp³-hybridized carbons (Fsp3) is 0. The van der Waals surface area contributed by atoms with Gasteiger partial charge in [-0.1, -0.05) is 35.3 Å². The molecule has 2 amide bonds. The van der Waals surface area contributed by atoms with E-state index in [0.29, 0.717) is 16.0 Å². The molecule has 1 aromatic heterocycles. The van der Waals surface area contributed by atoms with Crippen LogP contribution in [-0.4, -0.2) is 11.8 Å². The number of furan rings is 1. The number of amides is 2. The molecule has 23 heavy (non-hydrogen) atoms. The van der Waals surface area contributed by atoms with E-state index in [0.717, 1.165) is 0 Å². The minimum Gasteiger partial charge on any atom is -0.449 e. The summed E-state index contributed by atoms with van der Waals surface area (Å²) in [5.41, 5.74) is 6.14. The van der Waals surface area contributed by atoms with Gasteiger partial charge in [-0.25, -0.2) is 0 Å². The van der Waals surface area contributed by atoms with Crippen LogP contribution in [0, 0.1) is 0 Å². The SMILES string of the molecule is NC(=O)c1oc2ccccc2c1NC(=O)c1cc(Cl)ccc1Cl. The highest BCUT2D eigenvalue weighted by molar-refractivity contribution is 6.36. The quantitative estimate of drug-likeness (QED) is 0.747. The van der Waals surface area contributed by atoms with Crippen molar-refractivity contribution in [3.05, 3.63) is 63.8 Å². The van der Waals surface area contributed by atoms with Crippen LogP contribution in [0.25, 0.3) is 11.0 Å². The number of primary amides is 1. The van der Waals surface area contributed by atoms with E-state index in [-0.39, 0.29) is 22.0 Å². The highest BCUT2D eigenvalue weighted by Crippen LogP contribution is 2.31. The van der Waals surface area contributed by atoms with E-state index < -0.39 is 11.8 Å². The standard InChI is InChI=1S/C16H10Cl2N2O3/c17-8-5-6-11(18)10(7-8)16(22)20-13-9-3-1-2-4-12(9)23-14(13)15(19)21/h1-7H,(H2,19,21)(H,20,22). The van der Waals surface area contributed by atoms with Crippen molar-refractivity contribution in [1.82, 2.24) is 0 Å². The maximum absolute atomic E-state index is 12.5. The van der Waals surface area contributed by atoms with Crippen LogP contribution in [0.1, 0.15) is 20.9 Å². The number of rotatable bonds is 3. The molecule has 116 valence electrons. The molecule has 3 aromatic rings. The molecule has 0 atom stereocenters. The lowest BCUT2D eigenvalue weighted by molar-refractivity contribution is 0.0977. The summed E-state index contributed by atoms with van der Waals surface area (Å²) in [5, 5.41) is 3.79. The first-order valence-electron chi connectivity index (χ1n) is 6.55. The minimum absolute atomic E-state index is 0.127. The van der Waals surface area contributed by atoms with Crippen LogP contribution in [-0.2, 0) is 0 Å². The van der Waals surface area contributed by atoms with Crippen LogP contribution in [0.15, 0.2) is 46.9 Å². The van der Waals surface area contributed by atoms with Crippen molar-refractivity contribution in [3.63, 3.8) is 0 Å². The number of carbonyl (C=O) groups is 2. The maximum Gasteiger partial charge on any atom is 0.286 e. The van der Waals surface area contributed by atoms with Crippen molar-refractivity contribution >= 4 is 51.7 Å². The lowest BCUT2D eigenvalue weighted by atomic mass is 10.1. The summed E-state index contributed by atoms with van der Waals surface area (Å²) in [6.45, 7) is 0. The topological polar surface area (TPSA) is 85.3 Å². The molecule has 3 N–H and O–H groups in total. The fourth-order valence-corrected chi connectivity index (χ4v) is 2.57. The summed E-state index contributed by atoms with van der Waals surface area (Å²) >= 11 is 11.9. The molecule has 3 rings (SSSR count). The Morgan fingerprint density at radius 1 is 1.09 bits per heavy atom. The molecule has 0 saturated heterocycles. The van der Waals surface area contributed by atoms with Crippen LogP contribution in [0.2, 0.25) is 10.0 Å². The minimum atomic E-state index is -0.784. The van der Waals surface area contributed by atoms with Gasteiger partial charge in [0.15, 0.2) is 0 Å². The summed E-state index contributed by atoms with van der Waals surface area (Å²) in [6.07, 6.45) is 0.